The highest BCUT2D eigenvalue weighted by molar-refractivity contribution is 7.98. The molecule has 0 N–H and O–H groups in total. The lowest BCUT2D eigenvalue weighted by atomic mass is 10.2. The van der Waals surface area contributed by atoms with E-state index in [0.29, 0.717) is 11.7 Å². The van der Waals surface area contributed by atoms with Crippen molar-refractivity contribution in [2.24, 2.45) is 0 Å². The predicted octanol–water partition coefficient (Wildman–Crippen LogP) is 0.866. The van der Waals surface area contributed by atoms with Gasteiger partial charge < -0.3 is 14.4 Å². The molecule has 0 bridgehead atoms. The third-order valence-electron chi connectivity index (χ3n) is 2.92. The van der Waals surface area contributed by atoms with E-state index in [1.54, 1.807) is 6.26 Å². The molecule has 21 heavy (non-hydrogen) atoms. The van der Waals surface area contributed by atoms with E-state index in [0.717, 1.165) is 0 Å². The Hall–Kier alpha value is -1.38. The Morgan fingerprint density at radius 1 is 1.57 bits per heavy atom. The standard InChI is InChI=1S/C12H14ClN3O4S/c1-19-11(18)8-6-16(3-4-20-8)10(17)9-7(13)5-14-12(15-9)21-2/h5,8H,3-4,6H2,1-2H3. The third kappa shape index (κ3) is 3.63. The van der Waals surface area contributed by atoms with E-state index in [4.69, 9.17) is 16.3 Å². The molecule has 2 heterocycles. The minimum atomic E-state index is -0.784. The molecule has 0 aromatic carbocycles. The molecule has 1 amide bonds. The Labute approximate surface area is 131 Å². The van der Waals surface area contributed by atoms with Crippen LogP contribution in [0.3, 0.4) is 0 Å². The fourth-order valence-corrected chi connectivity index (χ4v) is 2.37. The summed E-state index contributed by atoms with van der Waals surface area (Å²) in [7, 11) is 1.28. The summed E-state index contributed by atoms with van der Waals surface area (Å²) in [5, 5.41) is 0.638. The number of ether oxygens (including phenoxy) is 2. The van der Waals surface area contributed by atoms with E-state index in [9.17, 15) is 9.59 Å². The van der Waals surface area contributed by atoms with Crippen LogP contribution in [-0.4, -0.2) is 65.9 Å². The molecule has 1 unspecified atom stereocenters. The summed E-state index contributed by atoms with van der Waals surface area (Å²) >= 11 is 7.30. The number of esters is 1. The quantitative estimate of drug-likeness (QED) is 0.461. The van der Waals surface area contributed by atoms with Crippen LogP contribution in [0.25, 0.3) is 0 Å². The number of methoxy groups -OCH3 is 1. The molecular formula is C12H14ClN3O4S. The van der Waals surface area contributed by atoms with E-state index in [2.05, 4.69) is 14.7 Å². The highest BCUT2D eigenvalue weighted by Crippen LogP contribution is 2.19. The minimum Gasteiger partial charge on any atom is -0.467 e. The van der Waals surface area contributed by atoms with Crippen LogP contribution < -0.4 is 0 Å². The maximum Gasteiger partial charge on any atom is 0.336 e. The molecule has 1 fully saturated rings. The van der Waals surface area contributed by atoms with E-state index < -0.39 is 12.1 Å². The van der Waals surface area contributed by atoms with Crippen molar-refractivity contribution in [3.8, 4) is 0 Å². The Kier molecular flexibility index (Phi) is 5.38. The van der Waals surface area contributed by atoms with Crippen LogP contribution in [0, 0.1) is 0 Å². The van der Waals surface area contributed by atoms with Gasteiger partial charge in [0.25, 0.3) is 5.91 Å². The maximum atomic E-state index is 12.5. The summed E-state index contributed by atoms with van der Waals surface area (Å²) in [4.78, 5) is 33.6. The van der Waals surface area contributed by atoms with Crippen molar-refractivity contribution in [2.45, 2.75) is 11.3 Å². The van der Waals surface area contributed by atoms with Gasteiger partial charge in [-0.1, -0.05) is 23.4 Å². The van der Waals surface area contributed by atoms with Gasteiger partial charge >= 0.3 is 5.97 Å². The van der Waals surface area contributed by atoms with Gasteiger partial charge in [-0.05, 0) is 6.26 Å². The zero-order valence-corrected chi connectivity index (χ0v) is 13.1. The molecule has 1 aliphatic heterocycles. The van der Waals surface area contributed by atoms with Crippen molar-refractivity contribution in [3.05, 3.63) is 16.9 Å². The summed E-state index contributed by atoms with van der Waals surface area (Å²) in [5.74, 6) is -0.860. The molecule has 1 saturated heterocycles. The van der Waals surface area contributed by atoms with Crippen LogP contribution in [0.2, 0.25) is 5.02 Å². The van der Waals surface area contributed by atoms with Gasteiger partial charge in [-0.25, -0.2) is 14.8 Å². The summed E-state index contributed by atoms with van der Waals surface area (Å²) in [5.41, 5.74) is 0.126. The highest BCUT2D eigenvalue weighted by atomic mass is 35.5. The maximum absolute atomic E-state index is 12.5. The van der Waals surface area contributed by atoms with Gasteiger partial charge in [-0.2, -0.15) is 0 Å². The first-order chi connectivity index (χ1) is 10.1. The second kappa shape index (κ2) is 7.06. The number of rotatable bonds is 3. The topological polar surface area (TPSA) is 81.6 Å². The van der Waals surface area contributed by atoms with Gasteiger partial charge in [0.05, 0.1) is 31.5 Å². The SMILES string of the molecule is COC(=O)C1CN(C(=O)c2nc(SC)ncc2Cl)CCO1. The molecule has 0 spiro atoms. The highest BCUT2D eigenvalue weighted by Gasteiger charge is 2.31. The second-order valence-corrected chi connectivity index (χ2v) is 5.37. The van der Waals surface area contributed by atoms with Crippen LogP contribution in [0.1, 0.15) is 10.5 Å². The van der Waals surface area contributed by atoms with Gasteiger partial charge in [0.15, 0.2) is 17.0 Å². The Morgan fingerprint density at radius 2 is 2.33 bits per heavy atom. The van der Waals surface area contributed by atoms with Gasteiger partial charge in [-0.3, -0.25) is 4.79 Å². The van der Waals surface area contributed by atoms with Crippen LogP contribution in [0.5, 0.6) is 0 Å². The molecule has 1 aromatic heterocycles. The molecule has 2 rings (SSSR count). The first-order valence-corrected chi connectivity index (χ1v) is 7.72. The van der Waals surface area contributed by atoms with Crippen molar-refractivity contribution in [1.29, 1.82) is 0 Å². The number of nitrogens with zero attached hydrogens (tertiary/aromatic N) is 3. The number of hydrogen-bond acceptors (Lipinski definition) is 7. The lowest BCUT2D eigenvalue weighted by Gasteiger charge is -2.31. The van der Waals surface area contributed by atoms with Gasteiger partial charge in [0.2, 0.25) is 0 Å². The van der Waals surface area contributed by atoms with Crippen LogP contribution in [0.4, 0.5) is 0 Å². The fourth-order valence-electron chi connectivity index (χ4n) is 1.86. The number of aromatic nitrogens is 2. The summed E-state index contributed by atoms with van der Waals surface area (Å²) < 4.78 is 9.91. The van der Waals surface area contributed by atoms with E-state index in [1.165, 1.54) is 30.0 Å². The summed E-state index contributed by atoms with van der Waals surface area (Å²) in [6.45, 7) is 0.727. The average molecular weight is 332 g/mol. The van der Waals surface area contributed by atoms with Crippen molar-refractivity contribution >= 4 is 35.2 Å². The van der Waals surface area contributed by atoms with Crippen LogP contribution >= 0.6 is 23.4 Å². The largest absolute Gasteiger partial charge is 0.467 e. The average Bonchev–Trinajstić information content (AvgIpc) is 2.54. The Bertz CT molecular complexity index is 557. The number of carbonyl (C=O) groups is 2. The zero-order valence-electron chi connectivity index (χ0n) is 11.5. The van der Waals surface area contributed by atoms with Gasteiger partial charge in [0, 0.05) is 6.54 Å². The number of amides is 1. The van der Waals surface area contributed by atoms with Crippen molar-refractivity contribution in [2.75, 3.05) is 33.1 Å². The van der Waals surface area contributed by atoms with Crippen LogP contribution in [0.15, 0.2) is 11.4 Å². The number of hydrogen-bond donors (Lipinski definition) is 0. The zero-order chi connectivity index (χ0) is 15.4. The number of carbonyl (C=O) groups excluding carboxylic acids is 2. The Balaban J connectivity index is 2.17. The molecule has 7 nitrogen and oxygen atoms in total. The van der Waals surface area contributed by atoms with Crippen molar-refractivity contribution < 1.29 is 19.1 Å². The minimum absolute atomic E-state index is 0.112. The molecule has 1 atom stereocenters. The number of thioether (sulfide) groups is 1. The predicted molar refractivity (Wildman–Crippen MR) is 76.5 cm³/mol. The molecule has 0 aliphatic carbocycles. The molecule has 114 valence electrons. The summed E-state index contributed by atoms with van der Waals surface area (Å²) in [6.07, 6.45) is 2.42. The van der Waals surface area contributed by atoms with Gasteiger partial charge in [-0.15, -0.1) is 0 Å². The monoisotopic (exact) mass is 331 g/mol. The number of halogens is 1. The third-order valence-corrected chi connectivity index (χ3v) is 3.76. The summed E-state index contributed by atoms with van der Waals surface area (Å²) in [6, 6.07) is 0. The van der Waals surface area contributed by atoms with E-state index in [-0.39, 0.29) is 29.8 Å². The molecular weight excluding hydrogens is 318 g/mol. The van der Waals surface area contributed by atoms with E-state index >= 15 is 0 Å². The normalized spacial score (nSPS) is 18.4. The lowest BCUT2D eigenvalue weighted by molar-refractivity contribution is -0.158. The van der Waals surface area contributed by atoms with Crippen molar-refractivity contribution in [1.82, 2.24) is 14.9 Å². The van der Waals surface area contributed by atoms with Crippen molar-refractivity contribution in [3.63, 3.8) is 0 Å². The lowest BCUT2D eigenvalue weighted by Crippen LogP contribution is -2.49. The molecule has 1 aromatic rings. The second-order valence-electron chi connectivity index (χ2n) is 4.19. The molecule has 9 heteroatoms. The Morgan fingerprint density at radius 3 is 3.00 bits per heavy atom. The van der Waals surface area contributed by atoms with Gasteiger partial charge in [0.1, 0.15) is 0 Å². The fraction of sp³-hybridized carbons (Fsp3) is 0.500. The molecule has 1 aliphatic rings. The first kappa shape index (κ1) is 16.0. The molecule has 0 radical (unpaired) electrons. The first-order valence-electron chi connectivity index (χ1n) is 6.12. The van der Waals surface area contributed by atoms with Crippen LogP contribution in [-0.2, 0) is 14.3 Å². The van der Waals surface area contributed by atoms with E-state index in [1.807, 2.05) is 0 Å². The molecule has 0 saturated carbocycles. The number of morpholine rings is 1. The smallest absolute Gasteiger partial charge is 0.336 e.